The molecule has 1 aliphatic rings. The maximum atomic E-state index is 13.7. The first-order valence-electron chi connectivity index (χ1n) is 11.8. The number of aryl methyl sites for hydroxylation is 2. The van der Waals surface area contributed by atoms with Crippen molar-refractivity contribution in [1.29, 1.82) is 0 Å². The Hall–Kier alpha value is -3.74. The van der Waals surface area contributed by atoms with E-state index in [9.17, 15) is 14.4 Å². The van der Waals surface area contributed by atoms with E-state index in [1.807, 2.05) is 30.3 Å². The summed E-state index contributed by atoms with van der Waals surface area (Å²) >= 11 is 0. The summed E-state index contributed by atoms with van der Waals surface area (Å²) in [6, 6.07) is 13.8. The number of piperidine rings is 1. The minimum absolute atomic E-state index is 0.0111. The molecule has 1 atom stereocenters. The molecule has 0 aliphatic carbocycles. The average Bonchev–Trinajstić information content (AvgIpc) is 2.89. The molecule has 1 fully saturated rings. The summed E-state index contributed by atoms with van der Waals surface area (Å²) in [6.07, 6.45) is 11.0. The molecule has 7 heteroatoms. The van der Waals surface area contributed by atoms with Crippen LogP contribution in [0.1, 0.15) is 63.6 Å². The van der Waals surface area contributed by atoms with Gasteiger partial charge in [0.2, 0.25) is 5.43 Å². The van der Waals surface area contributed by atoms with E-state index >= 15 is 0 Å². The minimum Gasteiger partial charge on any atom is -0.355 e. The fourth-order valence-corrected chi connectivity index (χ4v) is 4.57. The Kier molecular flexibility index (Phi) is 7.52. The van der Waals surface area contributed by atoms with Crippen LogP contribution in [0.4, 0.5) is 0 Å². The molecule has 0 bridgehead atoms. The molecule has 34 heavy (non-hydrogen) atoms. The van der Waals surface area contributed by atoms with Gasteiger partial charge in [-0.15, -0.1) is 0 Å². The SMILES string of the molecule is CNC(=O)c1cn(CCCc2ccccc2)cc(C(=O)N2CCCCC2c2cccnc2)c1=O. The van der Waals surface area contributed by atoms with Crippen molar-refractivity contribution in [2.24, 2.45) is 0 Å². The lowest BCUT2D eigenvalue weighted by Crippen LogP contribution is -2.42. The molecule has 0 radical (unpaired) electrons. The highest BCUT2D eigenvalue weighted by Gasteiger charge is 2.31. The second-order valence-electron chi connectivity index (χ2n) is 8.62. The van der Waals surface area contributed by atoms with Crippen LogP contribution in [0.3, 0.4) is 0 Å². The second kappa shape index (κ2) is 10.9. The van der Waals surface area contributed by atoms with Gasteiger partial charge in [0.25, 0.3) is 11.8 Å². The molecular formula is C27H30N4O3. The predicted molar refractivity (Wildman–Crippen MR) is 131 cm³/mol. The van der Waals surface area contributed by atoms with Crippen LogP contribution in [0, 0.1) is 0 Å². The number of carbonyl (C=O) groups excluding carboxylic acids is 2. The lowest BCUT2D eigenvalue weighted by molar-refractivity contribution is 0.0609. The van der Waals surface area contributed by atoms with Gasteiger partial charge in [0.15, 0.2) is 0 Å². The first-order valence-corrected chi connectivity index (χ1v) is 11.8. The number of benzene rings is 1. The van der Waals surface area contributed by atoms with Crippen molar-refractivity contribution in [2.75, 3.05) is 13.6 Å². The molecule has 7 nitrogen and oxygen atoms in total. The van der Waals surface area contributed by atoms with E-state index in [4.69, 9.17) is 0 Å². The summed E-state index contributed by atoms with van der Waals surface area (Å²) < 4.78 is 1.80. The third kappa shape index (κ3) is 5.25. The number of aromatic nitrogens is 2. The molecule has 0 saturated carbocycles. The molecule has 1 aliphatic heterocycles. The Bertz CT molecular complexity index is 1190. The van der Waals surface area contributed by atoms with Crippen molar-refractivity contribution in [1.82, 2.24) is 19.8 Å². The zero-order chi connectivity index (χ0) is 23.9. The maximum Gasteiger partial charge on any atom is 0.259 e. The number of nitrogens with zero attached hydrogens (tertiary/aromatic N) is 3. The van der Waals surface area contributed by atoms with Crippen LogP contribution in [0.25, 0.3) is 0 Å². The molecule has 1 aromatic carbocycles. The molecule has 176 valence electrons. The number of hydrogen-bond donors (Lipinski definition) is 1. The van der Waals surface area contributed by atoms with E-state index in [-0.39, 0.29) is 23.1 Å². The largest absolute Gasteiger partial charge is 0.355 e. The second-order valence-corrected chi connectivity index (χ2v) is 8.62. The zero-order valence-corrected chi connectivity index (χ0v) is 19.4. The molecule has 3 aromatic rings. The molecular weight excluding hydrogens is 428 g/mol. The number of pyridine rings is 2. The highest BCUT2D eigenvalue weighted by Crippen LogP contribution is 2.31. The number of likely N-dealkylation sites (tertiary alicyclic amines) is 1. The monoisotopic (exact) mass is 458 g/mol. The Morgan fingerprint density at radius 1 is 1.06 bits per heavy atom. The normalized spacial score (nSPS) is 15.7. The van der Waals surface area contributed by atoms with Gasteiger partial charge in [0, 0.05) is 44.9 Å². The summed E-state index contributed by atoms with van der Waals surface area (Å²) in [5, 5.41) is 2.53. The highest BCUT2D eigenvalue weighted by molar-refractivity contribution is 5.99. The Morgan fingerprint density at radius 2 is 1.85 bits per heavy atom. The van der Waals surface area contributed by atoms with Crippen molar-refractivity contribution in [3.05, 3.63) is 99.7 Å². The Balaban J connectivity index is 1.63. The molecule has 4 rings (SSSR count). The Morgan fingerprint density at radius 3 is 2.59 bits per heavy atom. The fourth-order valence-electron chi connectivity index (χ4n) is 4.57. The molecule has 1 N–H and O–H groups in total. The number of hydrogen-bond acceptors (Lipinski definition) is 4. The van der Waals surface area contributed by atoms with Crippen LogP contribution < -0.4 is 10.7 Å². The van der Waals surface area contributed by atoms with Gasteiger partial charge in [-0.3, -0.25) is 19.4 Å². The van der Waals surface area contributed by atoms with Crippen molar-refractivity contribution in [3.8, 4) is 0 Å². The molecule has 1 saturated heterocycles. The third-order valence-corrected chi connectivity index (χ3v) is 6.34. The minimum atomic E-state index is -0.529. The van der Waals surface area contributed by atoms with Crippen molar-refractivity contribution in [2.45, 2.75) is 44.7 Å². The van der Waals surface area contributed by atoms with Gasteiger partial charge in [0.05, 0.1) is 6.04 Å². The van der Waals surface area contributed by atoms with Gasteiger partial charge in [-0.05, 0) is 49.3 Å². The lowest BCUT2D eigenvalue weighted by atomic mass is 9.95. The number of carbonyl (C=O) groups is 2. The topological polar surface area (TPSA) is 84.3 Å². The number of amides is 2. The smallest absolute Gasteiger partial charge is 0.259 e. The average molecular weight is 459 g/mol. The first-order chi connectivity index (χ1) is 16.6. The van der Waals surface area contributed by atoms with Crippen LogP contribution in [0.2, 0.25) is 0 Å². The first kappa shape index (κ1) is 23.4. The molecule has 2 aromatic heterocycles. The number of rotatable bonds is 7. The molecule has 2 amide bonds. The van der Waals surface area contributed by atoms with Crippen molar-refractivity contribution in [3.63, 3.8) is 0 Å². The van der Waals surface area contributed by atoms with Gasteiger partial charge in [0.1, 0.15) is 11.1 Å². The molecule has 3 heterocycles. The van der Waals surface area contributed by atoms with E-state index in [0.29, 0.717) is 13.1 Å². The highest BCUT2D eigenvalue weighted by atomic mass is 16.2. The van der Waals surface area contributed by atoms with E-state index in [2.05, 4.69) is 22.4 Å². The van der Waals surface area contributed by atoms with Gasteiger partial charge in [-0.25, -0.2) is 0 Å². The van der Waals surface area contributed by atoms with Gasteiger partial charge in [-0.1, -0.05) is 36.4 Å². The Labute approximate surface area is 199 Å². The summed E-state index contributed by atoms with van der Waals surface area (Å²) in [5.41, 5.74) is 1.68. The van der Waals surface area contributed by atoms with Crippen LogP contribution in [0.5, 0.6) is 0 Å². The van der Waals surface area contributed by atoms with Crippen LogP contribution in [0.15, 0.2) is 72.0 Å². The lowest BCUT2D eigenvalue weighted by Gasteiger charge is -2.36. The summed E-state index contributed by atoms with van der Waals surface area (Å²) in [4.78, 5) is 45.3. The fraction of sp³-hybridized carbons (Fsp3) is 0.333. The predicted octanol–water partition coefficient (Wildman–Crippen LogP) is 3.60. The van der Waals surface area contributed by atoms with Crippen LogP contribution in [-0.4, -0.2) is 39.9 Å². The maximum absolute atomic E-state index is 13.7. The van der Waals surface area contributed by atoms with E-state index < -0.39 is 11.3 Å². The zero-order valence-electron chi connectivity index (χ0n) is 19.4. The summed E-state index contributed by atoms with van der Waals surface area (Å²) in [5.74, 6) is -0.819. The van der Waals surface area contributed by atoms with Crippen molar-refractivity contribution < 1.29 is 9.59 Å². The van der Waals surface area contributed by atoms with Gasteiger partial charge in [-0.2, -0.15) is 0 Å². The van der Waals surface area contributed by atoms with E-state index in [1.165, 1.54) is 12.6 Å². The van der Waals surface area contributed by atoms with Gasteiger partial charge >= 0.3 is 0 Å². The van der Waals surface area contributed by atoms with Crippen LogP contribution >= 0.6 is 0 Å². The molecule has 1 unspecified atom stereocenters. The van der Waals surface area contributed by atoms with Gasteiger partial charge < -0.3 is 14.8 Å². The van der Waals surface area contributed by atoms with E-state index in [1.54, 1.807) is 34.3 Å². The summed E-state index contributed by atoms with van der Waals surface area (Å²) in [7, 11) is 1.49. The number of nitrogens with one attached hydrogen (secondary N) is 1. The summed E-state index contributed by atoms with van der Waals surface area (Å²) in [6.45, 7) is 1.15. The quantitative estimate of drug-likeness (QED) is 0.586. The third-order valence-electron chi connectivity index (χ3n) is 6.34. The van der Waals surface area contributed by atoms with E-state index in [0.717, 1.165) is 37.7 Å². The van der Waals surface area contributed by atoms with Crippen molar-refractivity contribution >= 4 is 11.8 Å². The van der Waals surface area contributed by atoms with Crippen LogP contribution in [-0.2, 0) is 13.0 Å². The standard InChI is InChI=1S/C27H30N4O3/c1-28-26(33)22-18-30(15-8-11-20-9-3-2-4-10-20)19-23(25(22)32)27(34)31-16-6-5-13-24(31)21-12-7-14-29-17-21/h2-4,7,9-10,12,14,17-19,24H,5-6,8,11,13,15-16H2,1H3,(H,28,33). The molecule has 0 spiro atoms.